The Balaban J connectivity index is 2.24. The maximum atomic E-state index is 10.7. The van der Waals surface area contributed by atoms with Crippen molar-refractivity contribution < 1.29 is 14.1 Å². The van der Waals surface area contributed by atoms with Crippen molar-refractivity contribution in [2.75, 3.05) is 13.7 Å². The summed E-state index contributed by atoms with van der Waals surface area (Å²) >= 11 is 0. The van der Waals surface area contributed by atoms with Crippen LogP contribution in [-0.2, 0) is 16.1 Å². The quantitative estimate of drug-likeness (QED) is 0.693. The molecule has 1 N–H and O–H groups in total. The molecular formula is C7H11N3O3. The van der Waals surface area contributed by atoms with Gasteiger partial charge in [-0.2, -0.15) is 4.98 Å². The topological polar surface area (TPSA) is 77.2 Å². The highest BCUT2D eigenvalue weighted by molar-refractivity contribution is 5.76. The molecule has 0 aliphatic rings. The van der Waals surface area contributed by atoms with Gasteiger partial charge in [-0.25, -0.2) is 0 Å². The van der Waals surface area contributed by atoms with Gasteiger partial charge in [0.25, 0.3) is 5.89 Å². The maximum absolute atomic E-state index is 10.7. The summed E-state index contributed by atoms with van der Waals surface area (Å²) in [6.45, 7) is 1.87. The van der Waals surface area contributed by atoms with Crippen LogP contribution in [0.1, 0.15) is 11.7 Å². The van der Waals surface area contributed by atoms with Crippen molar-refractivity contribution in [2.24, 2.45) is 0 Å². The molecule has 0 saturated heterocycles. The van der Waals surface area contributed by atoms with E-state index < -0.39 is 0 Å². The second-order valence-corrected chi connectivity index (χ2v) is 2.40. The fourth-order valence-electron chi connectivity index (χ4n) is 0.702. The number of carbonyl (C=O) groups excluding carboxylic acids is 1. The van der Waals surface area contributed by atoms with E-state index in [0.717, 1.165) is 0 Å². The molecule has 13 heavy (non-hydrogen) atoms. The molecule has 0 aliphatic heterocycles. The van der Waals surface area contributed by atoms with Gasteiger partial charge in [0.05, 0.1) is 0 Å². The molecule has 0 unspecified atom stereocenters. The first kappa shape index (κ1) is 9.66. The van der Waals surface area contributed by atoms with Crippen molar-refractivity contribution in [2.45, 2.75) is 13.5 Å². The van der Waals surface area contributed by atoms with Crippen molar-refractivity contribution in [3.05, 3.63) is 11.7 Å². The summed E-state index contributed by atoms with van der Waals surface area (Å²) in [6, 6.07) is 0. The van der Waals surface area contributed by atoms with Crippen molar-refractivity contribution in [3.63, 3.8) is 0 Å². The third kappa shape index (κ3) is 3.20. The largest absolute Gasteiger partial charge is 0.362 e. The molecule has 0 radical (unpaired) electrons. The number of nitrogens with zero attached hydrogens (tertiary/aromatic N) is 2. The van der Waals surface area contributed by atoms with Crippen LogP contribution in [0.4, 0.5) is 0 Å². The second kappa shape index (κ2) is 4.56. The Morgan fingerprint density at radius 1 is 1.69 bits per heavy atom. The third-order valence-corrected chi connectivity index (χ3v) is 1.31. The summed E-state index contributed by atoms with van der Waals surface area (Å²) in [5, 5.41) is 5.99. The van der Waals surface area contributed by atoms with E-state index >= 15 is 0 Å². The smallest absolute Gasteiger partial charge is 0.252 e. The van der Waals surface area contributed by atoms with Crippen LogP contribution >= 0.6 is 0 Å². The molecule has 6 nitrogen and oxygen atoms in total. The lowest BCUT2D eigenvalue weighted by atomic mass is 10.6. The van der Waals surface area contributed by atoms with Gasteiger partial charge in [0, 0.05) is 7.05 Å². The molecule has 0 fully saturated rings. The van der Waals surface area contributed by atoms with Crippen LogP contribution in [-0.4, -0.2) is 29.7 Å². The minimum Gasteiger partial charge on any atom is -0.362 e. The van der Waals surface area contributed by atoms with Gasteiger partial charge in [-0.3, -0.25) is 4.79 Å². The van der Waals surface area contributed by atoms with E-state index in [-0.39, 0.29) is 19.1 Å². The number of likely N-dealkylation sites (N-methyl/N-ethyl adjacent to an activating group) is 1. The average molecular weight is 185 g/mol. The van der Waals surface area contributed by atoms with E-state index in [2.05, 4.69) is 15.5 Å². The fraction of sp³-hybridized carbons (Fsp3) is 0.571. The maximum Gasteiger partial charge on any atom is 0.252 e. The Hall–Kier alpha value is -1.43. The number of hydrogen-bond donors (Lipinski definition) is 1. The summed E-state index contributed by atoms with van der Waals surface area (Å²) in [5.41, 5.74) is 0. The zero-order valence-corrected chi connectivity index (χ0v) is 7.53. The van der Waals surface area contributed by atoms with E-state index in [0.29, 0.717) is 11.7 Å². The molecule has 1 rings (SSSR count). The van der Waals surface area contributed by atoms with E-state index in [9.17, 15) is 4.79 Å². The molecule has 1 aromatic heterocycles. The van der Waals surface area contributed by atoms with E-state index in [4.69, 9.17) is 9.26 Å². The van der Waals surface area contributed by atoms with Crippen LogP contribution < -0.4 is 5.32 Å². The molecule has 1 aromatic rings. The minimum absolute atomic E-state index is 0.00206. The lowest BCUT2D eigenvalue weighted by molar-refractivity contribution is -0.125. The zero-order valence-electron chi connectivity index (χ0n) is 7.53. The number of rotatable bonds is 4. The predicted octanol–water partition coefficient (Wildman–Crippen LogP) is -0.359. The van der Waals surface area contributed by atoms with Crippen LogP contribution in [0.2, 0.25) is 0 Å². The number of amides is 1. The molecule has 1 heterocycles. The Morgan fingerprint density at radius 2 is 2.46 bits per heavy atom. The molecule has 6 heteroatoms. The first-order valence-electron chi connectivity index (χ1n) is 3.80. The lowest BCUT2D eigenvalue weighted by Crippen LogP contribution is -2.23. The fourth-order valence-corrected chi connectivity index (χ4v) is 0.702. The summed E-state index contributed by atoms with van der Waals surface area (Å²) in [4.78, 5) is 14.6. The van der Waals surface area contributed by atoms with Gasteiger partial charge in [0.15, 0.2) is 5.82 Å². The second-order valence-electron chi connectivity index (χ2n) is 2.40. The van der Waals surface area contributed by atoms with Gasteiger partial charge in [0.1, 0.15) is 13.2 Å². The summed E-state index contributed by atoms with van der Waals surface area (Å²) in [7, 11) is 1.54. The number of hydrogen-bond acceptors (Lipinski definition) is 5. The molecule has 0 aliphatic carbocycles. The summed E-state index contributed by atoms with van der Waals surface area (Å²) in [5.74, 6) is 0.746. The Bertz CT molecular complexity index is 284. The molecular weight excluding hydrogens is 174 g/mol. The van der Waals surface area contributed by atoms with E-state index in [1.165, 1.54) is 0 Å². The van der Waals surface area contributed by atoms with Gasteiger partial charge in [-0.05, 0) is 6.92 Å². The average Bonchev–Trinajstić information content (AvgIpc) is 2.51. The Morgan fingerprint density at radius 3 is 3.00 bits per heavy atom. The number of carbonyl (C=O) groups is 1. The number of aryl methyl sites for hydroxylation is 1. The van der Waals surface area contributed by atoms with Crippen LogP contribution in [0, 0.1) is 6.92 Å². The molecule has 1 amide bonds. The molecule has 72 valence electrons. The van der Waals surface area contributed by atoms with Gasteiger partial charge < -0.3 is 14.6 Å². The van der Waals surface area contributed by atoms with Gasteiger partial charge in [0.2, 0.25) is 5.91 Å². The summed E-state index contributed by atoms with van der Waals surface area (Å²) in [6.07, 6.45) is 0. The third-order valence-electron chi connectivity index (χ3n) is 1.31. The number of nitrogens with one attached hydrogen (secondary N) is 1. The first-order chi connectivity index (χ1) is 6.22. The molecule has 0 aromatic carbocycles. The van der Waals surface area contributed by atoms with Crippen molar-refractivity contribution in [3.8, 4) is 0 Å². The van der Waals surface area contributed by atoms with Crippen molar-refractivity contribution >= 4 is 5.91 Å². The number of aromatic nitrogens is 2. The van der Waals surface area contributed by atoms with E-state index in [1.807, 2.05) is 0 Å². The zero-order chi connectivity index (χ0) is 9.68. The SMILES string of the molecule is CNC(=O)COCc1nc(C)no1. The Kier molecular flexibility index (Phi) is 3.39. The highest BCUT2D eigenvalue weighted by Gasteiger charge is 2.03. The van der Waals surface area contributed by atoms with Gasteiger partial charge in [-0.15, -0.1) is 0 Å². The standard InChI is InChI=1S/C7H11N3O3/c1-5-9-7(13-10-5)4-12-3-6(11)8-2/h3-4H2,1-2H3,(H,8,11). The molecule has 0 bridgehead atoms. The highest BCUT2D eigenvalue weighted by atomic mass is 16.5. The predicted molar refractivity (Wildman–Crippen MR) is 42.8 cm³/mol. The van der Waals surface area contributed by atoms with Gasteiger partial charge in [-0.1, -0.05) is 5.16 Å². The summed E-state index contributed by atoms with van der Waals surface area (Å²) < 4.78 is 9.74. The first-order valence-corrected chi connectivity index (χ1v) is 3.80. The van der Waals surface area contributed by atoms with Crippen LogP contribution in [0.3, 0.4) is 0 Å². The Labute approximate surface area is 75.3 Å². The highest BCUT2D eigenvalue weighted by Crippen LogP contribution is 1.97. The van der Waals surface area contributed by atoms with Crippen molar-refractivity contribution in [1.82, 2.24) is 15.5 Å². The normalized spacial score (nSPS) is 10.0. The van der Waals surface area contributed by atoms with Crippen LogP contribution in [0.15, 0.2) is 4.52 Å². The van der Waals surface area contributed by atoms with Crippen LogP contribution in [0.5, 0.6) is 0 Å². The molecule has 0 saturated carbocycles. The van der Waals surface area contributed by atoms with Crippen molar-refractivity contribution in [1.29, 1.82) is 0 Å². The van der Waals surface area contributed by atoms with Gasteiger partial charge >= 0.3 is 0 Å². The van der Waals surface area contributed by atoms with Crippen LogP contribution in [0.25, 0.3) is 0 Å². The van der Waals surface area contributed by atoms with E-state index in [1.54, 1.807) is 14.0 Å². The lowest BCUT2D eigenvalue weighted by Gasteiger charge is -1.98. The molecule has 0 spiro atoms. The minimum atomic E-state index is -0.184. The number of ether oxygens (including phenoxy) is 1. The molecule has 0 atom stereocenters. The monoisotopic (exact) mass is 185 g/mol.